The number of aromatic nitrogens is 3. The largest absolute Gasteiger partial charge is 0.455 e. The van der Waals surface area contributed by atoms with Gasteiger partial charge in [0.1, 0.15) is 16.5 Å². The number of rotatable bonds is 4. The van der Waals surface area contributed by atoms with Crippen molar-refractivity contribution < 1.29 is 9.53 Å². The Hall–Kier alpha value is -2.52. The summed E-state index contributed by atoms with van der Waals surface area (Å²) in [5, 5.41) is 4.66. The van der Waals surface area contributed by atoms with Crippen molar-refractivity contribution in [2.24, 2.45) is 14.1 Å². The minimum absolute atomic E-state index is 0.161. The molecule has 0 atom stereocenters. The van der Waals surface area contributed by atoms with E-state index >= 15 is 0 Å². The van der Waals surface area contributed by atoms with Crippen molar-refractivity contribution in [3.05, 3.63) is 60.0 Å². The Morgan fingerprint density at radius 3 is 2.72 bits per heavy atom. The SMILES string of the molecule is Cc1nc(-c2ccsc2)sc1C(=O)OCc1cc(=O)n(C)c(=O)n1C. The summed E-state index contributed by atoms with van der Waals surface area (Å²) >= 11 is 2.82. The molecule has 3 heterocycles. The number of carbonyl (C=O) groups excluding carboxylic acids is 1. The van der Waals surface area contributed by atoms with Gasteiger partial charge in [0.25, 0.3) is 5.56 Å². The molecule has 7 nitrogen and oxygen atoms in total. The second-order valence-corrected chi connectivity index (χ2v) is 7.18. The number of thiazole rings is 1. The van der Waals surface area contributed by atoms with Gasteiger partial charge in [0.2, 0.25) is 0 Å². The number of aryl methyl sites for hydroxylation is 1. The molecule has 0 amide bonds. The van der Waals surface area contributed by atoms with Crippen molar-refractivity contribution in [3.8, 4) is 10.6 Å². The first-order valence-corrected chi connectivity index (χ1v) is 9.07. The fraction of sp³-hybridized carbons (Fsp3) is 0.250. The zero-order valence-corrected chi connectivity index (χ0v) is 15.4. The molecule has 0 fully saturated rings. The molecule has 25 heavy (non-hydrogen) atoms. The Kier molecular flexibility index (Phi) is 4.69. The van der Waals surface area contributed by atoms with E-state index in [9.17, 15) is 14.4 Å². The zero-order chi connectivity index (χ0) is 18.1. The van der Waals surface area contributed by atoms with Crippen molar-refractivity contribution in [3.63, 3.8) is 0 Å². The van der Waals surface area contributed by atoms with Gasteiger partial charge in [-0.3, -0.25) is 13.9 Å². The topological polar surface area (TPSA) is 83.2 Å². The number of esters is 1. The molecule has 0 saturated carbocycles. The maximum absolute atomic E-state index is 12.3. The quantitative estimate of drug-likeness (QED) is 0.649. The van der Waals surface area contributed by atoms with Crippen molar-refractivity contribution >= 4 is 28.6 Å². The predicted octanol–water partition coefficient (Wildman–Crippen LogP) is 1.93. The van der Waals surface area contributed by atoms with Gasteiger partial charge in [0.05, 0.1) is 11.4 Å². The van der Waals surface area contributed by atoms with Gasteiger partial charge >= 0.3 is 11.7 Å². The maximum atomic E-state index is 12.3. The van der Waals surface area contributed by atoms with E-state index in [4.69, 9.17) is 4.74 Å². The van der Waals surface area contributed by atoms with Crippen molar-refractivity contribution in [2.45, 2.75) is 13.5 Å². The summed E-state index contributed by atoms with van der Waals surface area (Å²) in [6.07, 6.45) is 0. The van der Waals surface area contributed by atoms with E-state index < -0.39 is 17.2 Å². The second kappa shape index (κ2) is 6.77. The third-order valence-corrected chi connectivity index (χ3v) is 5.60. The summed E-state index contributed by atoms with van der Waals surface area (Å²) in [6, 6.07) is 3.22. The lowest BCUT2D eigenvalue weighted by molar-refractivity contribution is 0.0467. The average molecular weight is 377 g/mol. The maximum Gasteiger partial charge on any atom is 0.350 e. The number of ether oxygens (including phenoxy) is 1. The minimum atomic E-state index is -0.524. The normalized spacial score (nSPS) is 10.8. The molecule has 0 saturated heterocycles. The summed E-state index contributed by atoms with van der Waals surface area (Å²) in [4.78, 5) is 40.8. The van der Waals surface area contributed by atoms with Crippen LogP contribution >= 0.6 is 22.7 Å². The fourth-order valence-corrected chi connectivity index (χ4v) is 3.89. The molecule has 3 aromatic rings. The third-order valence-electron chi connectivity index (χ3n) is 3.73. The van der Waals surface area contributed by atoms with Gasteiger partial charge in [-0.05, 0) is 18.4 Å². The summed E-state index contributed by atoms with van der Waals surface area (Å²) in [5.74, 6) is -0.524. The first kappa shape index (κ1) is 17.3. The standard InChI is InChI=1S/C16H15N3O4S2/c1-9-13(25-14(17-9)10-4-5-24-8-10)15(21)23-7-11-6-12(20)19(3)16(22)18(11)2/h4-6,8H,7H2,1-3H3. The van der Waals surface area contributed by atoms with Crippen LogP contribution in [0.15, 0.2) is 32.5 Å². The van der Waals surface area contributed by atoms with Gasteiger partial charge in [-0.15, -0.1) is 11.3 Å². The van der Waals surface area contributed by atoms with Gasteiger partial charge < -0.3 is 4.74 Å². The Labute approximate surface area is 150 Å². The molecule has 0 N–H and O–H groups in total. The average Bonchev–Trinajstić information content (AvgIpc) is 3.24. The van der Waals surface area contributed by atoms with E-state index in [2.05, 4.69) is 4.98 Å². The molecular weight excluding hydrogens is 362 g/mol. The Balaban J connectivity index is 1.80. The number of nitrogens with zero attached hydrogens (tertiary/aromatic N) is 3. The molecule has 130 valence electrons. The lowest BCUT2D eigenvalue weighted by Crippen LogP contribution is -2.38. The van der Waals surface area contributed by atoms with Crippen LogP contribution in [0.5, 0.6) is 0 Å². The molecule has 0 aliphatic rings. The van der Waals surface area contributed by atoms with E-state index in [1.54, 1.807) is 18.3 Å². The number of hydrogen-bond acceptors (Lipinski definition) is 7. The van der Waals surface area contributed by atoms with Crippen molar-refractivity contribution in [1.82, 2.24) is 14.1 Å². The number of thiophene rings is 1. The van der Waals surface area contributed by atoms with Crippen LogP contribution in [0.4, 0.5) is 0 Å². The van der Waals surface area contributed by atoms with Gasteiger partial charge in [0.15, 0.2) is 0 Å². The summed E-state index contributed by atoms with van der Waals surface area (Å²) < 4.78 is 7.56. The van der Waals surface area contributed by atoms with Gasteiger partial charge in [-0.1, -0.05) is 0 Å². The van der Waals surface area contributed by atoms with E-state index in [0.717, 1.165) is 15.1 Å². The lowest BCUT2D eigenvalue weighted by atomic mass is 10.3. The molecule has 0 aliphatic heterocycles. The highest BCUT2D eigenvalue weighted by Gasteiger charge is 2.18. The summed E-state index contributed by atoms with van der Waals surface area (Å²) in [7, 11) is 2.92. The van der Waals surface area contributed by atoms with E-state index in [1.807, 2.05) is 16.8 Å². The van der Waals surface area contributed by atoms with Crippen LogP contribution in [0.1, 0.15) is 21.1 Å². The summed E-state index contributed by atoms with van der Waals surface area (Å²) in [6.45, 7) is 1.59. The Morgan fingerprint density at radius 2 is 2.04 bits per heavy atom. The van der Waals surface area contributed by atoms with Crippen LogP contribution in [0.25, 0.3) is 10.6 Å². The van der Waals surface area contributed by atoms with Gasteiger partial charge in [-0.2, -0.15) is 11.3 Å². The Morgan fingerprint density at radius 1 is 1.28 bits per heavy atom. The smallest absolute Gasteiger partial charge is 0.350 e. The number of carbonyl (C=O) groups is 1. The molecule has 0 bridgehead atoms. The van der Waals surface area contributed by atoms with Crippen LogP contribution in [0.2, 0.25) is 0 Å². The third kappa shape index (κ3) is 3.33. The van der Waals surface area contributed by atoms with Crippen LogP contribution in [-0.2, 0) is 25.4 Å². The van der Waals surface area contributed by atoms with Crippen LogP contribution in [0, 0.1) is 6.92 Å². The van der Waals surface area contributed by atoms with Crippen LogP contribution in [-0.4, -0.2) is 20.1 Å². The van der Waals surface area contributed by atoms with E-state index in [1.165, 1.54) is 36.1 Å². The highest BCUT2D eigenvalue weighted by molar-refractivity contribution is 7.17. The highest BCUT2D eigenvalue weighted by Crippen LogP contribution is 2.29. The fourth-order valence-electron chi connectivity index (χ4n) is 2.22. The predicted molar refractivity (Wildman–Crippen MR) is 96.2 cm³/mol. The highest BCUT2D eigenvalue weighted by atomic mass is 32.1. The van der Waals surface area contributed by atoms with E-state index in [0.29, 0.717) is 16.3 Å². The molecular formula is C16H15N3O4S2. The molecule has 0 aliphatic carbocycles. The van der Waals surface area contributed by atoms with Gasteiger partial charge in [0, 0.05) is 31.1 Å². The molecule has 3 rings (SSSR count). The van der Waals surface area contributed by atoms with Crippen molar-refractivity contribution in [1.29, 1.82) is 0 Å². The zero-order valence-electron chi connectivity index (χ0n) is 13.8. The number of hydrogen-bond donors (Lipinski definition) is 0. The van der Waals surface area contributed by atoms with Crippen LogP contribution < -0.4 is 11.2 Å². The monoisotopic (exact) mass is 377 g/mol. The molecule has 0 radical (unpaired) electrons. The molecule has 0 spiro atoms. The molecule has 3 aromatic heterocycles. The first-order chi connectivity index (χ1) is 11.9. The molecule has 9 heteroatoms. The lowest BCUT2D eigenvalue weighted by Gasteiger charge is -2.09. The van der Waals surface area contributed by atoms with Gasteiger partial charge in [-0.25, -0.2) is 14.6 Å². The van der Waals surface area contributed by atoms with Crippen molar-refractivity contribution in [2.75, 3.05) is 0 Å². The Bertz CT molecular complexity index is 1040. The van der Waals surface area contributed by atoms with Crippen LogP contribution in [0.3, 0.4) is 0 Å². The molecule has 0 aromatic carbocycles. The second-order valence-electron chi connectivity index (χ2n) is 5.40. The summed E-state index contributed by atoms with van der Waals surface area (Å²) in [5.41, 5.74) is 0.983. The van der Waals surface area contributed by atoms with E-state index in [-0.39, 0.29) is 6.61 Å². The minimum Gasteiger partial charge on any atom is -0.455 e. The first-order valence-electron chi connectivity index (χ1n) is 7.31. The molecule has 0 unspecified atom stereocenters.